The van der Waals surface area contributed by atoms with E-state index in [0.717, 1.165) is 5.56 Å². The van der Waals surface area contributed by atoms with Crippen LogP contribution in [0.1, 0.15) is 33.9 Å². The van der Waals surface area contributed by atoms with Gasteiger partial charge in [0, 0.05) is 5.69 Å². The van der Waals surface area contributed by atoms with Gasteiger partial charge in [-0.05, 0) is 48.4 Å². The molecular weight excluding hydrogens is 391 g/mol. The lowest BCUT2D eigenvalue weighted by atomic mass is 10.0. The Morgan fingerprint density at radius 3 is 2.38 bits per heavy atom. The lowest BCUT2D eigenvalue weighted by Crippen LogP contribution is -2.31. The monoisotopic (exact) mass is 410 g/mol. The van der Waals surface area contributed by atoms with Gasteiger partial charge in [0.15, 0.2) is 0 Å². The van der Waals surface area contributed by atoms with Crippen LogP contribution in [0.4, 0.5) is 10.1 Å². The van der Waals surface area contributed by atoms with Gasteiger partial charge in [0.1, 0.15) is 5.82 Å². The maximum absolute atomic E-state index is 13.3. The van der Waals surface area contributed by atoms with E-state index in [9.17, 15) is 14.0 Å². The molecule has 4 nitrogen and oxygen atoms in total. The number of carbonyl (C=O) groups is 2. The molecule has 1 atom stereocenters. The van der Waals surface area contributed by atoms with E-state index in [1.165, 1.54) is 18.2 Å². The van der Waals surface area contributed by atoms with Crippen molar-refractivity contribution >= 4 is 29.1 Å². The Morgan fingerprint density at radius 2 is 1.69 bits per heavy atom. The minimum atomic E-state index is -0.555. The van der Waals surface area contributed by atoms with Crippen molar-refractivity contribution in [2.75, 3.05) is 5.32 Å². The fourth-order valence-corrected chi connectivity index (χ4v) is 3.19. The van der Waals surface area contributed by atoms with Gasteiger partial charge in [0.2, 0.25) is 5.91 Å². The molecule has 2 N–H and O–H groups in total. The number of amides is 2. The summed E-state index contributed by atoms with van der Waals surface area (Å²) in [5.41, 5.74) is 2.28. The van der Waals surface area contributed by atoms with E-state index in [2.05, 4.69) is 10.6 Å². The molecular formula is C23H20ClFN2O2. The lowest BCUT2D eigenvalue weighted by molar-refractivity contribution is -0.116. The Hall–Kier alpha value is -3.18. The second-order valence-electron chi connectivity index (χ2n) is 6.63. The average Bonchev–Trinajstić information content (AvgIpc) is 2.70. The minimum absolute atomic E-state index is 0.0109. The molecule has 2 amide bonds. The number of anilines is 1. The summed E-state index contributed by atoms with van der Waals surface area (Å²) in [6, 6.07) is 19.6. The van der Waals surface area contributed by atoms with Crippen LogP contribution in [0.5, 0.6) is 0 Å². The number of nitrogens with one attached hydrogen (secondary N) is 2. The highest BCUT2D eigenvalue weighted by Gasteiger charge is 2.20. The van der Waals surface area contributed by atoms with Gasteiger partial charge in [-0.15, -0.1) is 0 Å². The number of carbonyl (C=O) groups excluding carboxylic acids is 2. The zero-order valence-electron chi connectivity index (χ0n) is 15.8. The first-order valence-corrected chi connectivity index (χ1v) is 9.48. The number of hydrogen-bond donors (Lipinski definition) is 2. The molecule has 0 saturated carbocycles. The highest BCUT2D eigenvalue weighted by Crippen LogP contribution is 2.22. The summed E-state index contributed by atoms with van der Waals surface area (Å²) >= 11 is 6.12. The van der Waals surface area contributed by atoms with Crippen LogP contribution < -0.4 is 10.6 Å². The van der Waals surface area contributed by atoms with E-state index in [-0.39, 0.29) is 24.1 Å². The molecule has 0 spiro atoms. The Labute approximate surface area is 173 Å². The van der Waals surface area contributed by atoms with Crippen molar-refractivity contribution in [3.63, 3.8) is 0 Å². The maximum atomic E-state index is 13.3. The van der Waals surface area contributed by atoms with Crippen molar-refractivity contribution in [2.45, 2.75) is 19.4 Å². The van der Waals surface area contributed by atoms with Crippen LogP contribution in [0, 0.1) is 12.7 Å². The summed E-state index contributed by atoms with van der Waals surface area (Å²) < 4.78 is 13.3. The number of halogens is 2. The standard InChI is InChI=1S/C23H20ClFN2O2/c1-15-13-17(25)11-12-20(15)26-22(28)14-21(16-7-3-2-4-8-16)27-23(29)18-9-5-6-10-19(18)24/h2-13,21H,14H2,1H3,(H,26,28)(H,27,29)/t21-/m1/s1. The normalized spacial score (nSPS) is 11.6. The largest absolute Gasteiger partial charge is 0.345 e. The average molecular weight is 411 g/mol. The van der Waals surface area contributed by atoms with Crippen LogP contribution in [0.3, 0.4) is 0 Å². The molecule has 0 saturated heterocycles. The first kappa shape index (κ1) is 20.6. The van der Waals surface area contributed by atoms with Gasteiger partial charge in [-0.2, -0.15) is 0 Å². The van der Waals surface area contributed by atoms with Crippen LogP contribution in [0.15, 0.2) is 72.8 Å². The van der Waals surface area contributed by atoms with Gasteiger partial charge in [-0.1, -0.05) is 54.1 Å². The van der Waals surface area contributed by atoms with Gasteiger partial charge < -0.3 is 10.6 Å². The SMILES string of the molecule is Cc1cc(F)ccc1NC(=O)C[C@@H](NC(=O)c1ccccc1Cl)c1ccccc1. The van der Waals surface area contributed by atoms with E-state index < -0.39 is 6.04 Å². The molecule has 0 aliphatic rings. The number of aryl methyl sites for hydroxylation is 1. The minimum Gasteiger partial charge on any atom is -0.345 e. The van der Waals surface area contributed by atoms with Crippen molar-refractivity contribution in [3.8, 4) is 0 Å². The molecule has 0 fully saturated rings. The van der Waals surface area contributed by atoms with Gasteiger partial charge in [0.05, 0.1) is 23.0 Å². The van der Waals surface area contributed by atoms with E-state index in [4.69, 9.17) is 11.6 Å². The highest BCUT2D eigenvalue weighted by molar-refractivity contribution is 6.33. The van der Waals surface area contributed by atoms with Crippen molar-refractivity contribution in [2.24, 2.45) is 0 Å². The smallest absolute Gasteiger partial charge is 0.253 e. The molecule has 0 unspecified atom stereocenters. The molecule has 0 aliphatic heterocycles. The van der Waals surface area contributed by atoms with Crippen molar-refractivity contribution in [1.29, 1.82) is 0 Å². The fraction of sp³-hybridized carbons (Fsp3) is 0.130. The van der Waals surface area contributed by atoms with Crippen molar-refractivity contribution in [3.05, 3.63) is 100 Å². The van der Waals surface area contributed by atoms with Crippen molar-refractivity contribution in [1.82, 2.24) is 5.32 Å². The molecule has 3 aromatic rings. The van der Waals surface area contributed by atoms with Gasteiger partial charge in [0.25, 0.3) is 5.91 Å². The van der Waals surface area contributed by atoms with Crippen LogP contribution >= 0.6 is 11.6 Å². The van der Waals surface area contributed by atoms with E-state index in [1.54, 1.807) is 31.2 Å². The maximum Gasteiger partial charge on any atom is 0.253 e. The topological polar surface area (TPSA) is 58.2 Å². The first-order valence-electron chi connectivity index (χ1n) is 9.10. The molecule has 29 heavy (non-hydrogen) atoms. The lowest BCUT2D eigenvalue weighted by Gasteiger charge is -2.20. The number of hydrogen-bond acceptors (Lipinski definition) is 2. The van der Waals surface area contributed by atoms with Crippen LogP contribution in [-0.2, 0) is 4.79 Å². The molecule has 148 valence electrons. The van der Waals surface area contributed by atoms with Crippen LogP contribution in [-0.4, -0.2) is 11.8 Å². The molecule has 0 heterocycles. The van der Waals surface area contributed by atoms with Gasteiger partial charge in [-0.3, -0.25) is 9.59 Å². The molecule has 0 radical (unpaired) electrons. The third-order valence-corrected chi connectivity index (χ3v) is 4.81. The second kappa shape index (κ2) is 9.34. The number of rotatable bonds is 6. The second-order valence-corrected chi connectivity index (χ2v) is 7.04. The third-order valence-electron chi connectivity index (χ3n) is 4.48. The zero-order chi connectivity index (χ0) is 20.8. The van der Waals surface area contributed by atoms with Crippen LogP contribution in [0.2, 0.25) is 5.02 Å². The Kier molecular flexibility index (Phi) is 6.62. The predicted molar refractivity (Wildman–Crippen MR) is 112 cm³/mol. The summed E-state index contributed by atoms with van der Waals surface area (Å²) in [7, 11) is 0. The van der Waals surface area contributed by atoms with Crippen molar-refractivity contribution < 1.29 is 14.0 Å². The summed E-state index contributed by atoms with van der Waals surface area (Å²) in [6.07, 6.45) is 0.0109. The fourth-order valence-electron chi connectivity index (χ4n) is 2.97. The highest BCUT2D eigenvalue weighted by atomic mass is 35.5. The summed E-state index contributed by atoms with van der Waals surface area (Å²) in [5, 5.41) is 6.00. The third kappa shape index (κ3) is 5.42. The Balaban J connectivity index is 1.78. The first-order chi connectivity index (χ1) is 13.9. The molecule has 0 bridgehead atoms. The van der Waals surface area contributed by atoms with Gasteiger partial charge in [-0.25, -0.2) is 4.39 Å². The van der Waals surface area contributed by atoms with Gasteiger partial charge >= 0.3 is 0 Å². The molecule has 0 aromatic heterocycles. The van der Waals surface area contributed by atoms with E-state index in [1.807, 2.05) is 30.3 Å². The molecule has 0 aliphatic carbocycles. The summed E-state index contributed by atoms with van der Waals surface area (Å²) in [5.74, 6) is -1.03. The quantitative estimate of drug-likeness (QED) is 0.580. The molecule has 3 aromatic carbocycles. The summed E-state index contributed by atoms with van der Waals surface area (Å²) in [4.78, 5) is 25.3. The summed E-state index contributed by atoms with van der Waals surface area (Å²) in [6.45, 7) is 1.71. The van der Waals surface area contributed by atoms with E-state index >= 15 is 0 Å². The van der Waals surface area contributed by atoms with E-state index in [0.29, 0.717) is 21.8 Å². The Bertz CT molecular complexity index is 1020. The molecule has 6 heteroatoms. The number of benzene rings is 3. The molecule has 3 rings (SSSR count). The Morgan fingerprint density at radius 1 is 1.00 bits per heavy atom. The van der Waals surface area contributed by atoms with Crippen LogP contribution in [0.25, 0.3) is 0 Å². The predicted octanol–water partition coefficient (Wildman–Crippen LogP) is 5.29. The zero-order valence-corrected chi connectivity index (χ0v) is 16.5.